The first-order chi connectivity index (χ1) is 6.76. The van der Waals surface area contributed by atoms with Crippen LogP contribution in [0.2, 0.25) is 0 Å². The quantitative estimate of drug-likeness (QED) is 0.738. The number of methoxy groups -OCH3 is 1. The molecule has 4 nitrogen and oxygen atoms in total. The summed E-state index contributed by atoms with van der Waals surface area (Å²) in [7, 11) is 1.61. The highest BCUT2D eigenvalue weighted by molar-refractivity contribution is 5.36. The van der Waals surface area contributed by atoms with Crippen molar-refractivity contribution in [2.75, 3.05) is 25.5 Å². The summed E-state index contributed by atoms with van der Waals surface area (Å²) in [6.07, 6.45) is 0. The summed E-state index contributed by atoms with van der Waals surface area (Å²) < 4.78 is 5.01. The number of rotatable bonds is 5. The number of ether oxygens (including phenoxy) is 1. The number of hydrogen-bond donors (Lipinski definition) is 2. The predicted octanol–water partition coefficient (Wildman–Crippen LogP) is 1.10. The standard InChI is InChI=1S/C10H17N3O/c1-8(6-11)7-12-9-4-3-5-10(13-9)14-2/h3-5,8H,6-7,11H2,1-2H3,(H,12,13). The lowest BCUT2D eigenvalue weighted by Gasteiger charge is -2.10. The van der Waals surface area contributed by atoms with Gasteiger partial charge in [0, 0.05) is 12.6 Å². The molecule has 1 atom stereocenters. The largest absolute Gasteiger partial charge is 0.481 e. The zero-order chi connectivity index (χ0) is 10.4. The molecule has 0 bridgehead atoms. The molecule has 0 spiro atoms. The molecule has 1 aromatic rings. The Hall–Kier alpha value is -1.29. The molecule has 0 aliphatic heterocycles. The monoisotopic (exact) mass is 195 g/mol. The Bertz CT molecular complexity index is 278. The molecule has 3 N–H and O–H groups in total. The van der Waals surface area contributed by atoms with Gasteiger partial charge in [-0.15, -0.1) is 0 Å². The third kappa shape index (κ3) is 3.22. The molecule has 0 radical (unpaired) electrons. The third-order valence-electron chi connectivity index (χ3n) is 1.97. The summed E-state index contributed by atoms with van der Waals surface area (Å²) in [6.45, 7) is 3.60. The van der Waals surface area contributed by atoms with E-state index in [1.54, 1.807) is 7.11 Å². The minimum Gasteiger partial charge on any atom is -0.481 e. The molecule has 0 saturated heterocycles. The molecule has 1 rings (SSSR count). The second kappa shape index (κ2) is 5.44. The van der Waals surface area contributed by atoms with E-state index in [9.17, 15) is 0 Å². The Kier molecular flexibility index (Phi) is 4.19. The molecular formula is C10H17N3O. The van der Waals surface area contributed by atoms with Gasteiger partial charge in [0.2, 0.25) is 5.88 Å². The lowest BCUT2D eigenvalue weighted by atomic mass is 10.2. The molecule has 1 aromatic heterocycles. The fraction of sp³-hybridized carbons (Fsp3) is 0.500. The van der Waals surface area contributed by atoms with E-state index in [4.69, 9.17) is 10.5 Å². The van der Waals surface area contributed by atoms with Crippen LogP contribution in [0, 0.1) is 5.92 Å². The Labute approximate surface area is 84.5 Å². The average molecular weight is 195 g/mol. The van der Waals surface area contributed by atoms with E-state index in [1.165, 1.54) is 0 Å². The zero-order valence-corrected chi connectivity index (χ0v) is 8.66. The Morgan fingerprint density at radius 1 is 1.57 bits per heavy atom. The second-order valence-corrected chi connectivity index (χ2v) is 3.29. The van der Waals surface area contributed by atoms with Crippen molar-refractivity contribution in [1.82, 2.24) is 4.98 Å². The van der Waals surface area contributed by atoms with Crippen LogP contribution in [0.4, 0.5) is 5.82 Å². The van der Waals surface area contributed by atoms with Gasteiger partial charge in [0.15, 0.2) is 0 Å². The number of nitrogens with one attached hydrogen (secondary N) is 1. The maximum Gasteiger partial charge on any atom is 0.214 e. The minimum absolute atomic E-state index is 0.447. The van der Waals surface area contributed by atoms with Gasteiger partial charge in [-0.2, -0.15) is 4.98 Å². The van der Waals surface area contributed by atoms with Crippen molar-refractivity contribution >= 4 is 5.82 Å². The highest BCUT2D eigenvalue weighted by Gasteiger charge is 2.00. The number of nitrogens with zero attached hydrogens (tertiary/aromatic N) is 1. The summed E-state index contributed by atoms with van der Waals surface area (Å²) in [5.74, 6) is 1.89. The van der Waals surface area contributed by atoms with Crippen molar-refractivity contribution in [3.63, 3.8) is 0 Å². The van der Waals surface area contributed by atoms with Crippen LogP contribution < -0.4 is 15.8 Å². The molecule has 0 aliphatic rings. The van der Waals surface area contributed by atoms with Crippen LogP contribution in [0.15, 0.2) is 18.2 Å². The van der Waals surface area contributed by atoms with Gasteiger partial charge >= 0.3 is 0 Å². The van der Waals surface area contributed by atoms with Gasteiger partial charge in [-0.05, 0) is 18.5 Å². The van der Waals surface area contributed by atoms with Crippen molar-refractivity contribution in [3.05, 3.63) is 18.2 Å². The summed E-state index contributed by atoms with van der Waals surface area (Å²) in [5, 5.41) is 3.20. The SMILES string of the molecule is COc1cccc(NCC(C)CN)n1. The van der Waals surface area contributed by atoms with Crippen molar-refractivity contribution < 1.29 is 4.74 Å². The van der Waals surface area contributed by atoms with Gasteiger partial charge in [-0.25, -0.2) is 0 Å². The third-order valence-corrected chi connectivity index (χ3v) is 1.97. The van der Waals surface area contributed by atoms with E-state index in [0.29, 0.717) is 18.3 Å². The van der Waals surface area contributed by atoms with Gasteiger partial charge in [0.1, 0.15) is 5.82 Å². The van der Waals surface area contributed by atoms with Crippen LogP contribution >= 0.6 is 0 Å². The topological polar surface area (TPSA) is 60.2 Å². The Balaban J connectivity index is 2.50. The van der Waals surface area contributed by atoms with Gasteiger partial charge < -0.3 is 15.8 Å². The lowest BCUT2D eigenvalue weighted by molar-refractivity contribution is 0.398. The predicted molar refractivity (Wildman–Crippen MR) is 57.5 cm³/mol. The Morgan fingerprint density at radius 3 is 3.00 bits per heavy atom. The highest BCUT2D eigenvalue weighted by atomic mass is 16.5. The maximum absolute atomic E-state index is 5.51. The van der Waals surface area contributed by atoms with Crippen LogP contribution in [-0.2, 0) is 0 Å². The smallest absolute Gasteiger partial charge is 0.214 e. The summed E-state index contributed by atoms with van der Waals surface area (Å²) in [6, 6.07) is 5.63. The van der Waals surface area contributed by atoms with Crippen LogP contribution in [0.1, 0.15) is 6.92 Å². The molecule has 0 aliphatic carbocycles. The van der Waals surface area contributed by atoms with Gasteiger partial charge in [0.05, 0.1) is 7.11 Å². The molecule has 0 aromatic carbocycles. The minimum atomic E-state index is 0.447. The molecule has 78 valence electrons. The van der Waals surface area contributed by atoms with Crippen LogP contribution in [0.5, 0.6) is 5.88 Å². The number of nitrogens with two attached hydrogens (primary N) is 1. The maximum atomic E-state index is 5.51. The van der Waals surface area contributed by atoms with E-state index in [1.807, 2.05) is 18.2 Å². The van der Waals surface area contributed by atoms with Gasteiger partial charge in [-0.3, -0.25) is 0 Å². The fourth-order valence-electron chi connectivity index (χ4n) is 0.989. The van der Waals surface area contributed by atoms with E-state index >= 15 is 0 Å². The highest BCUT2D eigenvalue weighted by Crippen LogP contribution is 2.10. The summed E-state index contributed by atoms with van der Waals surface area (Å²) in [4.78, 5) is 4.22. The molecule has 0 saturated carbocycles. The first-order valence-electron chi connectivity index (χ1n) is 4.71. The molecule has 0 fully saturated rings. The first kappa shape index (κ1) is 10.8. The average Bonchev–Trinajstić information content (AvgIpc) is 2.26. The van der Waals surface area contributed by atoms with Gasteiger partial charge in [-0.1, -0.05) is 13.0 Å². The van der Waals surface area contributed by atoms with Crippen molar-refractivity contribution in [3.8, 4) is 5.88 Å². The number of pyridine rings is 1. The van der Waals surface area contributed by atoms with E-state index in [0.717, 1.165) is 12.4 Å². The number of anilines is 1. The molecule has 14 heavy (non-hydrogen) atoms. The Morgan fingerprint density at radius 2 is 2.36 bits per heavy atom. The second-order valence-electron chi connectivity index (χ2n) is 3.29. The fourth-order valence-corrected chi connectivity index (χ4v) is 0.989. The molecule has 1 heterocycles. The molecule has 1 unspecified atom stereocenters. The van der Waals surface area contributed by atoms with Crippen LogP contribution in [0.3, 0.4) is 0 Å². The lowest BCUT2D eigenvalue weighted by Crippen LogP contribution is -2.20. The van der Waals surface area contributed by atoms with Crippen LogP contribution in [0.25, 0.3) is 0 Å². The van der Waals surface area contributed by atoms with Crippen LogP contribution in [-0.4, -0.2) is 25.2 Å². The number of hydrogen-bond acceptors (Lipinski definition) is 4. The van der Waals surface area contributed by atoms with E-state index in [-0.39, 0.29) is 0 Å². The van der Waals surface area contributed by atoms with E-state index < -0.39 is 0 Å². The first-order valence-corrected chi connectivity index (χ1v) is 4.71. The normalized spacial score (nSPS) is 12.2. The summed E-state index contributed by atoms with van der Waals surface area (Å²) >= 11 is 0. The van der Waals surface area contributed by atoms with Crippen molar-refractivity contribution in [1.29, 1.82) is 0 Å². The van der Waals surface area contributed by atoms with Crippen molar-refractivity contribution in [2.24, 2.45) is 11.7 Å². The number of aromatic nitrogens is 1. The van der Waals surface area contributed by atoms with Crippen molar-refractivity contribution in [2.45, 2.75) is 6.92 Å². The molecular weight excluding hydrogens is 178 g/mol. The summed E-state index contributed by atoms with van der Waals surface area (Å²) in [5.41, 5.74) is 5.51. The molecule has 0 amide bonds. The van der Waals surface area contributed by atoms with Gasteiger partial charge in [0.25, 0.3) is 0 Å². The molecule has 4 heteroatoms. The zero-order valence-electron chi connectivity index (χ0n) is 8.66. The van der Waals surface area contributed by atoms with E-state index in [2.05, 4.69) is 17.2 Å².